The molecule has 0 aliphatic rings. The van der Waals surface area contributed by atoms with Crippen molar-refractivity contribution < 1.29 is 9.53 Å². The van der Waals surface area contributed by atoms with Crippen LogP contribution in [0.1, 0.15) is 22.3 Å². The second-order valence-electron chi connectivity index (χ2n) is 4.68. The van der Waals surface area contributed by atoms with Crippen molar-refractivity contribution >= 4 is 6.29 Å². The summed E-state index contributed by atoms with van der Waals surface area (Å²) in [6, 6.07) is 13.9. The van der Waals surface area contributed by atoms with E-state index in [1.165, 1.54) is 16.7 Å². The minimum atomic E-state index is 0.331. The summed E-state index contributed by atoms with van der Waals surface area (Å²) in [5, 5.41) is 0. The van der Waals surface area contributed by atoms with Crippen LogP contribution in [0.3, 0.4) is 0 Å². The summed E-state index contributed by atoms with van der Waals surface area (Å²) in [6.07, 6.45) is 2.21. The van der Waals surface area contributed by atoms with Crippen molar-refractivity contribution in [1.29, 1.82) is 0 Å². The van der Waals surface area contributed by atoms with Gasteiger partial charge in [-0.25, -0.2) is 0 Å². The minimum Gasteiger partial charge on any atom is -0.489 e. The Kier molecular flexibility index (Phi) is 4.35. The van der Waals surface area contributed by atoms with Gasteiger partial charge >= 0.3 is 0 Å². The fraction of sp³-hybridized carbons (Fsp3) is 0.235. The lowest BCUT2D eigenvalue weighted by Crippen LogP contribution is -1.98. The Balaban J connectivity index is 2.01. The Bertz CT molecular complexity index is 556. The van der Waals surface area contributed by atoms with Crippen molar-refractivity contribution in [3.8, 4) is 5.75 Å². The topological polar surface area (TPSA) is 26.3 Å². The third-order valence-corrected chi connectivity index (χ3v) is 3.10. The van der Waals surface area contributed by atoms with E-state index in [4.69, 9.17) is 4.74 Å². The quantitative estimate of drug-likeness (QED) is 0.814. The summed E-state index contributed by atoms with van der Waals surface area (Å²) in [5.74, 6) is 0.815. The van der Waals surface area contributed by atoms with Gasteiger partial charge in [0.15, 0.2) is 0 Å². The number of ether oxygens (including phenoxy) is 1. The highest BCUT2D eigenvalue weighted by molar-refractivity contribution is 5.55. The van der Waals surface area contributed by atoms with E-state index >= 15 is 0 Å². The van der Waals surface area contributed by atoms with Gasteiger partial charge < -0.3 is 4.74 Å². The first-order chi connectivity index (χ1) is 9.19. The minimum absolute atomic E-state index is 0.331. The first-order valence-electron chi connectivity index (χ1n) is 6.32. The van der Waals surface area contributed by atoms with E-state index < -0.39 is 0 Å². The van der Waals surface area contributed by atoms with Gasteiger partial charge in [-0.15, -0.1) is 0 Å². The normalized spacial score (nSPS) is 10.2. The number of aryl methyl sites for hydroxylation is 2. The molecule has 0 fully saturated rings. The van der Waals surface area contributed by atoms with Gasteiger partial charge in [-0.05, 0) is 42.7 Å². The van der Waals surface area contributed by atoms with Crippen molar-refractivity contribution in [2.75, 3.05) is 0 Å². The fourth-order valence-corrected chi connectivity index (χ4v) is 1.90. The van der Waals surface area contributed by atoms with Crippen LogP contribution >= 0.6 is 0 Å². The van der Waals surface area contributed by atoms with Crippen molar-refractivity contribution in [2.24, 2.45) is 0 Å². The maximum atomic E-state index is 10.3. The molecule has 0 aromatic heterocycles. The van der Waals surface area contributed by atoms with Gasteiger partial charge in [-0.1, -0.05) is 35.9 Å². The van der Waals surface area contributed by atoms with E-state index in [1.54, 1.807) is 0 Å². The molecular weight excluding hydrogens is 236 g/mol. The lowest BCUT2D eigenvalue weighted by atomic mass is 10.1. The maximum Gasteiger partial charge on any atom is 0.203 e. The molecule has 0 N–H and O–H groups in total. The van der Waals surface area contributed by atoms with Crippen molar-refractivity contribution in [3.05, 3.63) is 64.7 Å². The SMILES string of the molecule is Cc1ccc(C)c(COc2ccc(C[C]=O)cc2)c1. The molecule has 0 aliphatic carbocycles. The van der Waals surface area contributed by atoms with Crippen molar-refractivity contribution in [1.82, 2.24) is 0 Å². The third-order valence-electron chi connectivity index (χ3n) is 3.10. The monoisotopic (exact) mass is 253 g/mol. The third kappa shape index (κ3) is 3.68. The Hall–Kier alpha value is -2.09. The average Bonchev–Trinajstić information content (AvgIpc) is 2.42. The van der Waals surface area contributed by atoms with Gasteiger partial charge in [0.05, 0.1) is 0 Å². The van der Waals surface area contributed by atoms with Gasteiger partial charge in [0.2, 0.25) is 6.29 Å². The Morgan fingerprint density at radius 2 is 1.79 bits per heavy atom. The first kappa shape index (κ1) is 13.3. The predicted octanol–water partition coefficient (Wildman–Crippen LogP) is 3.53. The van der Waals surface area contributed by atoms with Crippen LogP contribution in [0.15, 0.2) is 42.5 Å². The molecule has 2 heteroatoms. The summed E-state index contributed by atoms with van der Waals surface area (Å²) in [6.45, 7) is 4.72. The molecule has 0 heterocycles. The fourth-order valence-electron chi connectivity index (χ4n) is 1.90. The molecule has 0 saturated carbocycles. The van der Waals surface area contributed by atoms with E-state index in [-0.39, 0.29) is 0 Å². The van der Waals surface area contributed by atoms with Crippen LogP contribution in [0.2, 0.25) is 0 Å². The summed E-state index contributed by atoms with van der Waals surface area (Å²) < 4.78 is 5.76. The molecule has 0 amide bonds. The van der Waals surface area contributed by atoms with E-state index in [1.807, 2.05) is 30.6 Å². The summed E-state index contributed by atoms with van der Waals surface area (Å²) in [5.41, 5.74) is 4.62. The van der Waals surface area contributed by atoms with Gasteiger partial charge in [-0.2, -0.15) is 0 Å². The molecule has 2 nitrogen and oxygen atoms in total. The molecule has 2 rings (SSSR count). The molecule has 19 heavy (non-hydrogen) atoms. The van der Waals surface area contributed by atoms with Crippen LogP contribution in [-0.2, 0) is 17.8 Å². The van der Waals surface area contributed by atoms with Crippen LogP contribution in [0.25, 0.3) is 0 Å². The zero-order chi connectivity index (χ0) is 13.7. The highest BCUT2D eigenvalue weighted by Gasteiger charge is 2.01. The van der Waals surface area contributed by atoms with Crippen LogP contribution < -0.4 is 4.74 Å². The van der Waals surface area contributed by atoms with E-state index in [9.17, 15) is 4.79 Å². The maximum absolute atomic E-state index is 10.3. The van der Waals surface area contributed by atoms with E-state index in [2.05, 4.69) is 32.0 Å². The molecule has 0 aliphatic heterocycles. The number of benzene rings is 2. The smallest absolute Gasteiger partial charge is 0.203 e. The van der Waals surface area contributed by atoms with Crippen molar-refractivity contribution in [3.63, 3.8) is 0 Å². The second kappa shape index (κ2) is 6.19. The van der Waals surface area contributed by atoms with Crippen LogP contribution in [0, 0.1) is 13.8 Å². The first-order valence-corrected chi connectivity index (χ1v) is 6.32. The zero-order valence-electron chi connectivity index (χ0n) is 11.3. The molecule has 1 radical (unpaired) electrons. The molecule has 0 unspecified atom stereocenters. The number of hydrogen-bond donors (Lipinski definition) is 0. The molecular formula is C17H17O2. The molecule has 0 atom stereocenters. The lowest BCUT2D eigenvalue weighted by molar-refractivity contribution is 0.305. The predicted molar refractivity (Wildman–Crippen MR) is 76.1 cm³/mol. The van der Waals surface area contributed by atoms with Crippen LogP contribution in [-0.4, -0.2) is 6.29 Å². The van der Waals surface area contributed by atoms with Gasteiger partial charge in [0.25, 0.3) is 0 Å². The van der Waals surface area contributed by atoms with E-state index in [0.29, 0.717) is 13.0 Å². The summed E-state index contributed by atoms with van der Waals surface area (Å²) in [4.78, 5) is 10.3. The highest BCUT2D eigenvalue weighted by atomic mass is 16.5. The Labute approximate surface area is 114 Å². The van der Waals surface area contributed by atoms with Gasteiger partial charge in [0.1, 0.15) is 12.4 Å². The molecule has 0 bridgehead atoms. The number of carbonyl (C=O) groups excluding carboxylic acids is 1. The van der Waals surface area contributed by atoms with Gasteiger partial charge in [-0.3, -0.25) is 4.79 Å². The summed E-state index contributed by atoms with van der Waals surface area (Å²) in [7, 11) is 0. The molecule has 97 valence electrons. The molecule has 2 aromatic rings. The molecule has 2 aromatic carbocycles. The van der Waals surface area contributed by atoms with Crippen LogP contribution in [0.4, 0.5) is 0 Å². The standard InChI is InChI=1S/C17H17O2/c1-13-3-4-14(2)16(11-13)12-19-17-7-5-15(6-8-17)9-10-18/h3-8,11H,9,12H2,1-2H3. The van der Waals surface area contributed by atoms with E-state index in [0.717, 1.165) is 11.3 Å². The Morgan fingerprint density at radius 3 is 2.47 bits per heavy atom. The molecule has 0 spiro atoms. The lowest BCUT2D eigenvalue weighted by Gasteiger charge is -2.10. The number of rotatable bonds is 5. The summed E-state index contributed by atoms with van der Waals surface area (Å²) >= 11 is 0. The molecule has 0 saturated heterocycles. The van der Waals surface area contributed by atoms with Crippen molar-refractivity contribution in [2.45, 2.75) is 26.9 Å². The largest absolute Gasteiger partial charge is 0.489 e. The Morgan fingerprint density at radius 1 is 1.05 bits per heavy atom. The number of hydrogen-bond acceptors (Lipinski definition) is 2. The highest BCUT2D eigenvalue weighted by Crippen LogP contribution is 2.16. The second-order valence-corrected chi connectivity index (χ2v) is 4.68. The van der Waals surface area contributed by atoms with Gasteiger partial charge in [0, 0.05) is 6.42 Å². The van der Waals surface area contributed by atoms with Crippen LogP contribution in [0.5, 0.6) is 5.75 Å². The average molecular weight is 253 g/mol. The zero-order valence-corrected chi connectivity index (χ0v) is 11.3.